The smallest absolute Gasteiger partial charge is 0.416 e. The molecule has 3 aromatic rings. The number of fused-ring (bicyclic) bond motifs is 1. The highest BCUT2D eigenvalue weighted by atomic mass is 19.4. The van der Waals surface area contributed by atoms with Crippen molar-refractivity contribution in [2.75, 3.05) is 11.9 Å². The highest BCUT2D eigenvalue weighted by molar-refractivity contribution is 5.95. The number of aromatic nitrogens is 2. The molecule has 0 aliphatic heterocycles. The zero-order chi connectivity index (χ0) is 22.7. The van der Waals surface area contributed by atoms with Gasteiger partial charge in [0.2, 0.25) is 17.8 Å². The number of hydrogen-bond acceptors (Lipinski definition) is 4. The van der Waals surface area contributed by atoms with Gasteiger partial charge in [-0.3, -0.25) is 14.9 Å². The van der Waals surface area contributed by atoms with E-state index in [0.29, 0.717) is 11.3 Å². The molecule has 0 radical (unpaired) electrons. The molecule has 1 fully saturated rings. The summed E-state index contributed by atoms with van der Waals surface area (Å²) in [6, 6.07) is 6.63. The summed E-state index contributed by atoms with van der Waals surface area (Å²) in [4.78, 5) is 29.0. The number of carbonyl (C=O) groups excluding carboxylic acids is 2. The topological polar surface area (TPSA) is 89.2 Å². The average molecular weight is 448 g/mol. The van der Waals surface area contributed by atoms with E-state index >= 15 is 0 Å². The molecule has 2 heterocycles. The molecule has 7 nitrogen and oxygen atoms in total. The van der Waals surface area contributed by atoms with E-state index in [4.69, 9.17) is 4.42 Å². The maximum absolute atomic E-state index is 13.1. The number of nitrogens with zero attached hydrogens (tertiary/aromatic N) is 2. The summed E-state index contributed by atoms with van der Waals surface area (Å²) < 4.78 is 46.2. The first-order valence-corrected chi connectivity index (χ1v) is 10.5. The van der Waals surface area contributed by atoms with Crippen molar-refractivity contribution >= 4 is 28.8 Å². The molecule has 1 aliphatic carbocycles. The first-order chi connectivity index (χ1) is 15.3. The molecule has 0 saturated heterocycles. The Hall–Kier alpha value is -3.30. The number of carbonyl (C=O) groups is 2. The van der Waals surface area contributed by atoms with Gasteiger partial charge < -0.3 is 14.3 Å². The van der Waals surface area contributed by atoms with Gasteiger partial charge in [-0.15, -0.1) is 0 Å². The summed E-state index contributed by atoms with van der Waals surface area (Å²) >= 11 is 0. The number of amides is 2. The van der Waals surface area contributed by atoms with E-state index in [-0.39, 0.29) is 36.4 Å². The first kappa shape index (κ1) is 21.9. The average Bonchev–Trinajstić information content (AvgIpc) is 3.40. The molecule has 1 saturated carbocycles. The van der Waals surface area contributed by atoms with Crippen molar-refractivity contribution in [3.05, 3.63) is 47.9 Å². The molecule has 1 aliphatic rings. The normalized spacial score (nSPS) is 15.1. The van der Waals surface area contributed by atoms with E-state index in [1.54, 1.807) is 16.7 Å². The van der Waals surface area contributed by atoms with Crippen molar-refractivity contribution < 1.29 is 27.2 Å². The molecule has 10 heteroatoms. The van der Waals surface area contributed by atoms with Crippen LogP contribution in [0.15, 0.2) is 41.0 Å². The molecule has 32 heavy (non-hydrogen) atoms. The summed E-state index contributed by atoms with van der Waals surface area (Å²) in [5.41, 5.74) is -0.325. The number of alkyl halides is 3. The van der Waals surface area contributed by atoms with E-state index in [0.717, 1.165) is 44.2 Å². The molecule has 2 amide bonds. The van der Waals surface area contributed by atoms with Crippen LogP contribution in [0.5, 0.6) is 0 Å². The van der Waals surface area contributed by atoms with Gasteiger partial charge in [-0.05, 0) is 43.2 Å². The molecular weight excluding hydrogens is 425 g/mol. The molecular formula is C22H23F3N4O3. The lowest BCUT2D eigenvalue weighted by molar-refractivity contribution is -0.137. The monoisotopic (exact) mass is 448 g/mol. The van der Waals surface area contributed by atoms with Gasteiger partial charge in [-0.25, -0.2) is 4.98 Å². The van der Waals surface area contributed by atoms with E-state index in [9.17, 15) is 22.8 Å². The first-order valence-electron chi connectivity index (χ1n) is 10.5. The molecule has 2 N–H and O–H groups in total. The van der Waals surface area contributed by atoms with E-state index in [1.165, 1.54) is 12.3 Å². The Kier molecular flexibility index (Phi) is 6.20. The Morgan fingerprint density at radius 2 is 1.94 bits per heavy atom. The zero-order valence-corrected chi connectivity index (χ0v) is 17.2. The SMILES string of the molecule is O=C(CNC(=O)C1CCCCC1)Nc1nc2cc(C(F)(F)F)ccc2n1Cc1ccco1. The summed E-state index contributed by atoms with van der Waals surface area (Å²) in [5.74, 6) is -0.126. The van der Waals surface area contributed by atoms with Crippen LogP contribution in [0.1, 0.15) is 43.4 Å². The predicted octanol–water partition coefficient (Wildman–Crippen LogP) is 4.33. The summed E-state index contributed by atoms with van der Waals surface area (Å²) in [5, 5.41) is 5.25. The Morgan fingerprint density at radius 3 is 2.62 bits per heavy atom. The van der Waals surface area contributed by atoms with Crippen LogP contribution in [0, 0.1) is 5.92 Å². The summed E-state index contributed by atoms with van der Waals surface area (Å²) in [6.45, 7) is -0.0774. The molecule has 4 rings (SSSR count). The lowest BCUT2D eigenvalue weighted by Crippen LogP contribution is -2.37. The van der Waals surface area contributed by atoms with Gasteiger partial charge in [0.05, 0.1) is 35.9 Å². The van der Waals surface area contributed by atoms with Gasteiger partial charge >= 0.3 is 6.18 Å². The van der Waals surface area contributed by atoms with Crippen molar-refractivity contribution in [2.24, 2.45) is 5.92 Å². The zero-order valence-electron chi connectivity index (χ0n) is 17.2. The number of imidazole rings is 1. The van der Waals surface area contributed by atoms with Crippen molar-refractivity contribution in [1.82, 2.24) is 14.9 Å². The Balaban J connectivity index is 1.53. The van der Waals surface area contributed by atoms with Crippen molar-refractivity contribution in [1.29, 1.82) is 0 Å². The summed E-state index contributed by atoms with van der Waals surface area (Å²) in [6.07, 6.45) is 1.72. The van der Waals surface area contributed by atoms with Crippen LogP contribution in [0.25, 0.3) is 11.0 Å². The quantitative estimate of drug-likeness (QED) is 0.588. The van der Waals surface area contributed by atoms with Gasteiger partial charge in [0.25, 0.3) is 0 Å². The third kappa shape index (κ3) is 4.95. The largest absolute Gasteiger partial charge is 0.467 e. The maximum Gasteiger partial charge on any atom is 0.416 e. The molecule has 0 unspecified atom stereocenters. The molecule has 0 bridgehead atoms. The predicted molar refractivity (Wildman–Crippen MR) is 111 cm³/mol. The highest BCUT2D eigenvalue weighted by Gasteiger charge is 2.31. The fourth-order valence-corrected chi connectivity index (χ4v) is 3.97. The van der Waals surface area contributed by atoms with Gasteiger partial charge in [0.15, 0.2) is 0 Å². The standard InChI is InChI=1S/C22H23F3N4O3/c23-22(24,25)15-8-9-18-17(11-15)27-21(29(18)13-16-7-4-10-32-16)28-19(30)12-26-20(31)14-5-2-1-3-6-14/h4,7-11,14H,1-3,5-6,12-13H2,(H,26,31)(H,27,28,30). The fraction of sp³-hybridized carbons (Fsp3) is 0.409. The Labute approximate surface area is 182 Å². The number of halogens is 3. The third-order valence-electron chi connectivity index (χ3n) is 5.62. The van der Waals surface area contributed by atoms with Crippen LogP contribution in [-0.4, -0.2) is 27.9 Å². The van der Waals surface area contributed by atoms with E-state index in [2.05, 4.69) is 15.6 Å². The minimum absolute atomic E-state index is 0.0765. The molecule has 0 atom stereocenters. The number of anilines is 1. The van der Waals surface area contributed by atoms with Crippen LogP contribution in [0.3, 0.4) is 0 Å². The Bertz CT molecular complexity index is 1100. The van der Waals surface area contributed by atoms with Gasteiger partial charge in [0.1, 0.15) is 5.76 Å². The minimum Gasteiger partial charge on any atom is -0.467 e. The third-order valence-corrected chi connectivity index (χ3v) is 5.62. The summed E-state index contributed by atoms with van der Waals surface area (Å²) in [7, 11) is 0. The van der Waals surface area contributed by atoms with Crippen molar-refractivity contribution in [3.8, 4) is 0 Å². The minimum atomic E-state index is -4.51. The number of benzene rings is 1. The van der Waals surface area contributed by atoms with Crippen LogP contribution >= 0.6 is 0 Å². The molecule has 2 aromatic heterocycles. The Morgan fingerprint density at radius 1 is 1.16 bits per heavy atom. The van der Waals surface area contributed by atoms with E-state index < -0.39 is 17.6 Å². The van der Waals surface area contributed by atoms with Crippen LogP contribution in [0.2, 0.25) is 0 Å². The lowest BCUT2D eigenvalue weighted by Gasteiger charge is -2.20. The second-order valence-electron chi connectivity index (χ2n) is 7.90. The number of nitrogens with one attached hydrogen (secondary N) is 2. The van der Waals surface area contributed by atoms with Crippen molar-refractivity contribution in [2.45, 2.75) is 44.8 Å². The fourth-order valence-electron chi connectivity index (χ4n) is 3.97. The molecule has 0 spiro atoms. The van der Waals surface area contributed by atoms with Gasteiger partial charge in [-0.2, -0.15) is 13.2 Å². The van der Waals surface area contributed by atoms with Gasteiger partial charge in [-0.1, -0.05) is 19.3 Å². The van der Waals surface area contributed by atoms with E-state index in [1.807, 2.05) is 0 Å². The van der Waals surface area contributed by atoms with Crippen LogP contribution < -0.4 is 10.6 Å². The number of rotatable bonds is 6. The van der Waals surface area contributed by atoms with Crippen LogP contribution in [-0.2, 0) is 22.3 Å². The van der Waals surface area contributed by atoms with Crippen LogP contribution in [0.4, 0.5) is 19.1 Å². The second kappa shape index (κ2) is 9.05. The lowest BCUT2D eigenvalue weighted by atomic mass is 9.89. The second-order valence-corrected chi connectivity index (χ2v) is 7.90. The molecule has 170 valence electrons. The van der Waals surface area contributed by atoms with Crippen molar-refractivity contribution in [3.63, 3.8) is 0 Å². The number of hydrogen-bond donors (Lipinski definition) is 2. The highest BCUT2D eigenvalue weighted by Crippen LogP contribution is 2.32. The molecule has 1 aromatic carbocycles. The van der Waals surface area contributed by atoms with Gasteiger partial charge in [0, 0.05) is 5.92 Å². The maximum atomic E-state index is 13.1. The number of furan rings is 1.